The highest BCUT2D eigenvalue weighted by molar-refractivity contribution is 9.10. The Morgan fingerprint density at radius 2 is 2.14 bits per heavy atom. The first kappa shape index (κ1) is 12.4. The molecule has 2 nitrogen and oxygen atoms in total. The van der Waals surface area contributed by atoms with Gasteiger partial charge in [0.2, 0.25) is 5.91 Å². The molecule has 1 fully saturated rings. The molecule has 1 aliphatic carbocycles. The minimum Gasteiger partial charge on any atom is -0.354 e. The number of carbonyl (C=O) groups excluding carboxylic acids is 1. The highest BCUT2D eigenvalue weighted by Crippen LogP contribution is 2.46. The van der Waals surface area contributed by atoms with Crippen LogP contribution in [0.4, 0.5) is 0 Å². The predicted octanol–water partition coefficient (Wildman–Crippen LogP) is 2.42. The topological polar surface area (TPSA) is 29.1 Å². The summed E-state index contributed by atoms with van der Waals surface area (Å²) < 4.78 is 0.360. The van der Waals surface area contributed by atoms with Crippen LogP contribution in [0, 0.1) is 5.92 Å². The van der Waals surface area contributed by atoms with Crippen molar-refractivity contribution < 1.29 is 4.79 Å². The Morgan fingerprint density at radius 1 is 1.57 bits per heavy atom. The Morgan fingerprint density at radius 3 is 2.50 bits per heavy atom. The number of hydrogen-bond acceptors (Lipinski definition) is 2. The second kappa shape index (κ2) is 4.88. The van der Waals surface area contributed by atoms with Gasteiger partial charge in [-0.25, -0.2) is 0 Å². The molecule has 4 heteroatoms. The number of nitrogens with one attached hydrogen (secondary N) is 1. The quantitative estimate of drug-likeness (QED) is 0.784. The van der Waals surface area contributed by atoms with Gasteiger partial charge in [-0.3, -0.25) is 4.79 Å². The Bertz CT molecular complexity index is 216. The second-order valence-corrected chi connectivity index (χ2v) is 6.51. The molecule has 0 spiro atoms. The molecular weight excluding hydrogens is 262 g/mol. The fraction of sp³-hybridized carbons (Fsp3) is 0.900. The van der Waals surface area contributed by atoms with Gasteiger partial charge in [0.25, 0.3) is 0 Å². The summed E-state index contributed by atoms with van der Waals surface area (Å²) in [7, 11) is 0. The minimum absolute atomic E-state index is 0.0554. The Kier molecular flexibility index (Phi) is 4.31. The van der Waals surface area contributed by atoms with Crippen molar-refractivity contribution in [1.29, 1.82) is 0 Å². The van der Waals surface area contributed by atoms with Crippen molar-refractivity contribution in [3.8, 4) is 0 Å². The molecule has 0 saturated heterocycles. The van der Waals surface area contributed by atoms with E-state index in [-0.39, 0.29) is 10.7 Å². The molecule has 0 heterocycles. The first-order chi connectivity index (χ1) is 6.51. The summed E-state index contributed by atoms with van der Waals surface area (Å²) in [6, 6.07) is 0. The van der Waals surface area contributed by atoms with Crippen molar-refractivity contribution in [3.05, 3.63) is 0 Å². The van der Waals surface area contributed by atoms with Gasteiger partial charge < -0.3 is 5.32 Å². The lowest BCUT2D eigenvalue weighted by Crippen LogP contribution is -2.38. The van der Waals surface area contributed by atoms with Crippen LogP contribution < -0.4 is 5.32 Å². The van der Waals surface area contributed by atoms with Crippen LogP contribution in [0.5, 0.6) is 0 Å². The normalized spacial score (nSPS) is 20.6. The number of thioether (sulfide) groups is 1. The standard InChI is InChI=1S/C10H18BrNOS/c1-7(2)8(11)9(13)12-6-10(14-3)4-5-10/h7-8H,4-6H2,1-3H3,(H,12,13). The third-order valence-electron chi connectivity index (χ3n) is 2.66. The van der Waals surface area contributed by atoms with Gasteiger partial charge in [-0.05, 0) is 25.0 Å². The third kappa shape index (κ3) is 3.16. The van der Waals surface area contributed by atoms with E-state index in [9.17, 15) is 4.79 Å². The molecule has 1 rings (SSSR count). The van der Waals surface area contributed by atoms with E-state index in [1.807, 2.05) is 25.6 Å². The maximum atomic E-state index is 11.6. The lowest BCUT2D eigenvalue weighted by atomic mass is 10.1. The van der Waals surface area contributed by atoms with Crippen LogP contribution in [0.15, 0.2) is 0 Å². The number of carbonyl (C=O) groups is 1. The van der Waals surface area contributed by atoms with E-state index in [1.54, 1.807) is 0 Å². The molecule has 82 valence electrons. The van der Waals surface area contributed by atoms with Crippen LogP contribution in [-0.4, -0.2) is 28.3 Å². The molecular formula is C10H18BrNOS. The van der Waals surface area contributed by atoms with Crippen molar-refractivity contribution in [2.75, 3.05) is 12.8 Å². The third-order valence-corrected chi connectivity index (χ3v) is 5.55. The van der Waals surface area contributed by atoms with E-state index in [0.29, 0.717) is 10.7 Å². The zero-order chi connectivity index (χ0) is 10.8. The molecule has 1 aliphatic rings. The number of halogens is 1. The molecule has 0 aromatic heterocycles. The summed E-state index contributed by atoms with van der Waals surface area (Å²) in [5.41, 5.74) is 0. The monoisotopic (exact) mass is 279 g/mol. The van der Waals surface area contributed by atoms with Gasteiger partial charge in [0.05, 0.1) is 4.83 Å². The SMILES string of the molecule is CSC1(CNC(=O)C(Br)C(C)C)CC1. The van der Waals surface area contributed by atoms with Gasteiger partial charge in [-0.2, -0.15) is 11.8 Å². The van der Waals surface area contributed by atoms with Crippen molar-refractivity contribution in [2.45, 2.75) is 36.3 Å². The van der Waals surface area contributed by atoms with Crippen LogP contribution >= 0.6 is 27.7 Å². The van der Waals surface area contributed by atoms with E-state index in [0.717, 1.165) is 6.54 Å². The van der Waals surface area contributed by atoms with Crippen molar-refractivity contribution in [3.63, 3.8) is 0 Å². The molecule has 1 amide bonds. The fourth-order valence-electron chi connectivity index (χ4n) is 1.24. The van der Waals surface area contributed by atoms with Crippen molar-refractivity contribution >= 4 is 33.6 Å². The van der Waals surface area contributed by atoms with Crippen LogP contribution in [-0.2, 0) is 4.79 Å². The molecule has 0 aliphatic heterocycles. The first-order valence-electron chi connectivity index (χ1n) is 4.98. The van der Waals surface area contributed by atoms with E-state index >= 15 is 0 Å². The molecule has 0 bridgehead atoms. The van der Waals surface area contributed by atoms with E-state index in [4.69, 9.17) is 0 Å². The highest BCUT2D eigenvalue weighted by Gasteiger charge is 2.42. The Balaban J connectivity index is 2.28. The minimum atomic E-state index is -0.0554. The maximum Gasteiger partial charge on any atom is 0.234 e. The average molecular weight is 280 g/mol. The summed E-state index contributed by atoms with van der Waals surface area (Å²) in [4.78, 5) is 11.6. The summed E-state index contributed by atoms with van der Waals surface area (Å²) in [6.45, 7) is 4.91. The summed E-state index contributed by atoms with van der Waals surface area (Å²) in [5.74, 6) is 0.472. The molecule has 14 heavy (non-hydrogen) atoms. The molecule has 0 aromatic rings. The molecule has 1 N–H and O–H groups in total. The van der Waals surface area contributed by atoms with Crippen LogP contribution in [0.3, 0.4) is 0 Å². The maximum absolute atomic E-state index is 11.6. The van der Waals surface area contributed by atoms with Gasteiger partial charge in [-0.1, -0.05) is 29.8 Å². The van der Waals surface area contributed by atoms with Gasteiger partial charge in [0, 0.05) is 11.3 Å². The van der Waals surface area contributed by atoms with E-state index in [1.165, 1.54) is 12.8 Å². The van der Waals surface area contributed by atoms with Gasteiger partial charge in [-0.15, -0.1) is 0 Å². The lowest BCUT2D eigenvalue weighted by molar-refractivity contribution is -0.121. The Labute approximate surface area is 98.7 Å². The number of alkyl halides is 1. The van der Waals surface area contributed by atoms with Crippen LogP contribution in [0.1, 0.15) is 26.7 Å². The highest BCUT2D eigenvalue weighted by atomic mass is 79.9. The molecule has 0 radical (unpaired) electrons. The number of hydrogen-bond donors (Lipinski definition) is 1. The summed E-state index contributed by atoms with van der Waals surface area (Å²) in [5, 5.41) is 3.01. The molecule has 1 saturated carbocycles. The van der Waals surface area contributed by atoms with E-state index in [2.05, 4.69) is 27.5 Å². The van der Waals surface area contributed by atoms with E-state index < -0.39 is 0 Å². The summed E-state index contributed by atoms with van der Waals surface area (Å²) >= 11 is 5.27. The van der Waals surface area contributed by atoms with Crippen LogP contribution in [0.25, 0.3) is 0 Å². The number of rotatable bonds is 5. The Hall–Kier alpha value is 0.300. The fourth-order valence-corrected chi connectivity index (χ4v) is 2.13. The van der Waals surface area contributed by atoms with Crippen LogP contribution in [0.2, 0.25) is 0 Å². The second-order valence-electron chi connectivity index (χ2n) is 4.25. The summed E-state index contributed by atoms with van der Waals surface area (Å²) in [6.07, 6.45) is 4.60. The van der Waals surface area contributed by atoms with Gasteiger partial charge in [0.1, 0.15) is 0 Å². The molecule has 1 atom stereocenters. The molecule has 1 unspecified atom stereocenters. The van der Waals surface area contributed by atoms with Crippen molar-refractivity contribution in [2.24, 2.45) is 5.92 Å². The molecule has 0 aromatic carbocycles. The van der Waals surface area contributed by atoms with Crippen molar-refractivity contribution in [1.82, 2.24) is 5.32 Å². The zero-order valence-corrected chi connectivity index (χ0v) is 11.4. The largest absolute Gasteiger partial charge is 0.354 e. The zero-order valence-electron chi connectivity index (χ0n) is 8.97. The number of amides is 1. The van der Waals surface area contributed by atoms with Gasteiger partial charge >= 0.3 is 0 Å². The first-order valence-corrected chi connectivity index (χ1v) is 7.12. The van der Waals surface area contributed by atoms with Gasteiger partial charge in [0.15, 0.2) is 0 Å². The predicted molar refractivity (Wildman–Crippen MR) is 66.0 cm³/mol. The smallest absolute Gasteiger partial charge is 0.234 e. The average Bonchev–Trinajstić information content (AvgIpc) is 2.93. The lowest BCUT2D eigenvalue weighted by Gasteiger charge is -2.17.